The molecule has 0 atom stereocenters. The molecule has 3 aliphatic heterocycles. The minimum atomic E-state index is -0.277. The summed E-state index contributed by atoms with van der Waals surface area (Å²) in [6.07, 6.45) is 0. The summed E-state index contributed by atoms with van der Waals surface area (Å²) in [7, 11) is 0. The van der Waals surface area contributed by atoms with E-state index < -0.39 is 0 Å². The van der Waals surface area contributed by atoms with Crippen LogP contribution in [-0.4, -0.2) is 6.71 Å². The Morgan fingerprint density at radius 2 is 0.647 bits per heavy atom. The van der Waals surface area contributed by atoms with Crippen molar-refractivity contribution < 1.29 is 0 Å². The van der Waals surface area contributed by atoms with Gasteiger partial charge in [0.25, 0.3) is 0 Å². The largest absolute Gasteiger partial charge is 0.355 e. The molecule has 13 aromatic carbocycles. The van der Waals surface area contributed by atoms with Crippen molar-refractivity contribution in [2.24, 2.45) is 0 Å². The van der Waals surface area contributed by atoms with Crippen LogP contribution in [0.1, 0.15) is 132 Å². The molecule has 1 aromatic heterocycles. The van der Waals surface area contributed by atoms with Gasteiger partial charge in [-0.05, 0) is 217 Å². The summed E-state index contributed by atoms with van der Waals surface area (Å²) in [4.78, 5) is 2.73. The molecule has 0 saturated carbocycles. The van der Waals surface area contributed by atoms with Crippen molar-refractivity contribution >= 4 is 83.0 Å². The molecule has 4 heteroatoms. The minimum absolute atomic E-state index is 0.0987. The summed E-state index contributed by atoms with van der Waals surface area (Å²) < 4.78 is 2.56. The number of rotatable bonds is 4. The van der Waals surface area contributed by atoms with Gasteiger partial charge >= 0.3 is 0 Å². The van der Waals surface area contributed by atoms with Gasteiger partial charge in [0.2, 0.25) is 6.71 Å². The molecule has 10 bridgehead atoms. The van der Waals surface area contributed by atoms with Gasteiger partial charge in [-0.25, -0.2) is 0 Å². The highest BCUT2D eigenvalue weighted by atomic mass is 32.1. The standard InChI is InChI=1S/C98H91BN2S/c1-94(2,3)73-41-43-85-89(60-73)101-88-54-69(72-49-74(95(4,5)6)55-75(50-72)96(7,8)9)37-42-84(88)99(85)86-53-68(61-27-19-16-20-28-61)38-44-87(86)100-92-78(62-29-21-17-22-30-62)56-76(97(10,11)12)57-79(92)70-35-25-33-64(47-70)66-39-45-90-82(51-66)83-52-67(40-46-91(83)102-90)65-34-26-36-71(48-65)81-59-77(98(13,14)15)58-80(93(81)101)63-31-23-18-24-32-63/h16-60,100H,1-15H3. The fourth-order valence-electron chi connectivity index (χ4n) is 15.5. The van der Waals surface area contributed by atoms with Gasteiger partial charge in [0.1, 0.15) is 0 Å². The molecule has 0 radical (unpaired) electrons. The average molecular weight is 1340 g/mol. The van der Waals surface area contributed by atoms with Crippen LogP contribution < -0.4 is 26.6 Å². The summed E-state index contributed by atoms with van der Waals surface area (Å²) >= 11 is 1.88. The maximum absolute atomic E-state index is 4.45. The number of benzene rings is 13. The van der Waals surface area contributed by atoms with Gasteiger partial charge in [0.05, 0.1) is 11.4 Å². The van der Waals surface area contributed by atoms with Crippen molar-refractivity contribution in [1.29, 1.82) is 0 Å². The van der Waals surface area contributed by atoms with E-state index in [9.17, 15) is 0 Å². The molecule has 0 spiro atoms. The van der Waals surface area contributed by atoms with E-state index in [4.69, 9.17) is 0 Å². The lowest BCUT2D eigenvalue weighted by molar-refractivity contribution is 0.569. The summed E-state index contributed by atoms with van der Waals surface area (Å²) in [6.45, 7) is 35.1. The Bertz CT molecular complexity index is 5590. The van der Waals surface area contributed by atoms with Crippen LogP contribution in [0.5, 0.6) is 0 Å². The van der Waals surface area contributed by atoms with Crippen molar-refractivity contribution in [3.05, 3.63) is 301 Å². The lowest BCUT2D eigenvalue weighted by Crippen LogP contribution is -2.58. The van der Waals surface area contributed by atoms with Crippen molar-refractivity contribution in [3.8, 4) is 89.0 Å². The number of thiophene rings is 1. The quantitative estimate of drug-likeness (QED) is 0.177. The van der Waals surface area contributed by atoms with E-state index in [1.54, 1.807) is 0 Å². The molecule has 0 amide bonds. The fourth-order valence-corrected chi connectivity index (χ4v) is 16.6. The first-order valence-corrected chi connectivity index (χ1v) is 37.4. The number of hydrogen-bond acceptors (Lipinski definition) is 3. The van der Waals surface area contributed by atoms with Crippen LogP contribution in [0.3, 0.4) is 0 Å². The average Bonchev–Trinajstić information content (AvgIpc) is 0.784. The zero-order chi connectivity index (χ0) is 70.9. The smallest absolute Gasteiger partial charge is 0.249 e. The van der Waals surface area contributed by atoms with Crippen molar-refractivity contribution in [1.82, 2.24) is 0 Å². The molecule has 0 unspecified atom stereocenters. The van der Waals surface area contributed by atoms with Crippen LogP contribution in [0.2, 0.25) is 0 Å². The Morgan fingerprint density at radius 1 is 0.265 bits per heavy atom. The van der Waals surface area contributed by atoms with E-state index in [1.165, 1.54) is 120 Å². The predicted molar refractivity (Wildman–Crippen MR) is 445 cm³/mol. The third-order valence-electron chi connectivity index (χ3n) is 21.6. The number of anilines is 5. The maximum atomic E-state index is 4.45. The van der Waals surface area contributed by atoms with E-state index in [-0.39, 0.29) is 33.8 Å². The highest BCUT2D eigenvalue weighted by Gasteiger charge is 2.41. The zero-order valence-corrected chi connectivity index (χ0v) is 62.7. The van der Waals surface area contributed by atoms with E-state index in [2.05, 4.69) is 387 Å². The fraction of sp³-hybridized carbons (Fsp3) is 0.204. The molecule has 0 aliphatic carbocycles. The summed E-state index contributed by atoms with van der Waals surface area (Å²) in [5, 5.41) is 6.99. The lowest BCUT2D eigenvalue weighted by atomic mass is 9.34. The van der Waals surface area contributed by atoms with Crippen LogP contribution >= 0.6 is 11.3 Å². The van der Waals surface area contributed by atoms with E-state index in [0.29, 0.717) is 0 Å². The Labute approximate surface area is 609 Å². The zero-order valence-electron chi connectivity index (χ0n) is 61.9. The predicted octanol–water partition coefficient (Wildman–Crippen LogP) is 26.2. The first kappa shape index (κ1) is 66.3. The number of nitrogens with one attached hydrogen (secondary N) is 1. The molecular weight excluding hydrogens is 1250 g/mol. The van der Waals surface area contributed by atoms with Gasteiger partial charge in [-0.1, -0.05) is 298 Å². The van der Waals surface area contributed by atoms with Crippen molar-refractivity contribution in [2.45, 2.75) is 131 Å². The molecule has 3 aliphatic rings. The van der Waals surface area contributed by atoms with E-state index in [1.807, 2.05) is 11.3 Å². The van der Waals surface area contributed by atoms with Crippen LogP contribution in [0.4, 0.5) is 28.4 Å². The minimum Gasteiger partial charge on any atom is -0.355 e. The summed E-state index contributed by atoms with van der Waals surface area (Å²) in [5.41, 5.74) is 33.6. The van der Waals surface area contributed by atoms with Gasteiger partial charge < -0.3 is 10.2 Å². The van der Waals surface area contributed by atoms with Gasteiger partial charge in [0.15, 0.2) is 0 Å². The highest BCUT2D eigenvalue weighted by molar-refractivity contribution is 7.25. The maximum Gasteiger partial charge on any atom is 0.249 e. The molecule has 1 N–H and O–H groups in total. The second-order valence-corrected chi connectivity index (χ2v) is 35.0. The first-order valence-electron chi connectivity index (χ1n) is 36.6. The van der Waals surface area contributed by atoms with Crippen molar-refractivity contribution in [3.63, 3.8) is 0 Å². The highest BCUT2D eigenvalue weighted by Crippen LogP contribution is 2.53. The Hall–Kier alpha value is -10.3. The van der Waals surface area contributed by atoms with Crippen LogP contribution in [0.15, 0.2) is 273 Å². The second kappa shape index (κ2) is 24.8. The topological polar surface area (TPSA) is 15.3 Å². The van der Waals surface area contributed by atoms with E-state index in [0.717, 1.165) is 61.8 Å². The summed E-state index contributed by atoms with van der Waals surface area (Å²) in [6, 6.07) is 106. The van der Waals surface area contributed by atoms with Crippen LogP contribution in [0.25, 0.3) is 109 Å². The van der Waals surface area contributed by atoms with E-state index >= 15 is 0 Å². The normalized spacial score (nSPS) is 13.1. The van der Waals surface area contributed by atoms with Gasteiger partial charge in [-0.3, -0.25) is 0 Å². The Balaban J connectivity index is 1.09. The second-order valence-electron chi connectivity index (χ2n) is 33.9. The molecule has 0 fully saturated rings. The SMILES string of the molecule is CC(C)(C)c1cc(-c2ccc3c(c2)N2c4cc(C(C)(C)C)ccc4B3c3cc(-c4ccccc4)ccc3Nc3c(-c4ccccc4)cc(C(C)(C)C)cc3-c3cccc(c3)-c3ccc4sc5ccc(cc5c4c3)-c3cccc(c3)-c3cc(C(C)(C)C)cc(-c4ccccc4)c32)cc(C(C)(C)C)c1. The molecule has 2 nitrogen and oxygen atoms in total. The third kappa shape index (κ3) is 12.2. The van der Waals surface area contributed by atoms with Crippen LogP contribution in [-0.2, 0) is 27.1 Å². The number of hydrogen-bond donors (Lipinski definition) is 1. The number of nitrogens with zero attached hydrogens (tertiary/aromatic N) is 1. The molecule has 0 saturated heterocycles. The first-order chi connectivity index (χ1) is 48.7. The lowest BCUT2D eigenvalue weighted by Gasteiger charge is -2.41. The molecule has 14 aromatic rings. The van der Waals surface area contributed by atoms with Gasteiger partial charge in [-0.2, -0.15) is 0 Å². The molecule has 17 rings (SSSR count). The Kier molecular flexibility index (Phi) is 16.1. The Morgan fingerprint density at radius 3 is 1.18 bits per heavy atom. The van der Waals surface area contributed by atoms with Gasteiger partial charge in [-0.15, -0.1) is 11.3 Å². The monoisotopic (exact) mass is 1340 g/mol. The molecular formula is C98H91BN2S. The molecule has 4 heterocycles. The van der Waals surface area contributed by atoms with Crippen LogP contribution in [0, 0.1) is 0 Å². The molecule has 502 valence electrons. The third-order valence-corrected chi connectivity index (χ3v) is 22.8. The van der Waals surface area contributed by atoms with Gasteiger partial charge in [0, 0.05) is 59.5 Å². The van der Waals surface area contributed by atoms with Crippen molar-refractivity contribution in [2.75, 3.05) is 10.2 Å². The summed E-state index contributed by atoms with van der Waals surface area (Å²) in [5.74, 6) is 0. The molecule has 102 heavy (non-hydrogen) atoms.